The molecule has 25 heavy (non-hydrogen) atoms. The maximum Gasteiger partial charge on any atom is 0.229 e. The number of fused-ring (bicyclic) bond motifs is 2. The molecule has 1 amide bonds. The Morgan fingerprint density at radius 3 is 3.00 bits per heavy atom. The van der Waals surface area contributed by atoms with Crippen LogP contribution in [0.15, 0.2) is 12.7 Å². The van der Waals surface area contributed by atoms with Crippen molar-refractivity contribution in [2.24, 2.45) is 11.3 Å². The molecule has 2 fully saturated rings. The van der Waals surface area contributed by atoms with Crippen molar-refractivity contribution in [3.05, 3.63) is 12.7 Å². The zero-order chi connectivity index (χ0) is 17.8. The highest BCUT2D eigenvalue weighted by atomic mass is 19.1. The lowest BCUT2D eigenvalue weighted by molar-refractivity contribution is -0.132. The number of aliphatic hydroxyl groups excluding tert-OH is 2. The molecule has 0 aromatic carbocycles. The number of imidazole rings is 1. The molecule has 2 aromatic rings. The van der Waals surface area contributed by atoms with Crippen LogP contribution in [0, 0.1) is 11.3 Å². The second kappa shape index (κ2) is 5.60. The van der Waals surface area contributed by atoms with Crippen molar-refractivity contribution in [3.63, 3.8) is 0 Å². The van der Waals surface area contributed by atoms with Gasteiger partial charge in [-0.2, -0.15) is 0 Å². The molecule has 0 bridgehead atoms. The first-order valence-corrected chi connectivity index (χ1v) is 8.15. The lowest BCUT2D eigenvalue weighted by Crippen LogP contribution is -2.43. The summed E-state index contributed by atoms with van der Waals surface area (Å²) in [6, 6.07) is -0.541. The number of nitrogen functional groups attached to an aromatic ring is 1. The normalized spacial score (nSPS) is 33.4. The highest BCUT2D eigenvalue weighted by Crippen LogP contribution is 2.67. The molecule has 0 aliphatic heterocycles. The highest BCUT2D eigenvalue weighted by molar-refractivity contribution is 5.88. The van der Waals surface area contributed by atoms with Gasteiger partial charge >= 0.3 is 0 Å². The van der Waals surface area contributed by atoms with E-state index in [0.717, 1.165) is 0 Å². The third kappa shape index (κ3) is 2.13. The fourth-order valence-corrected chi connectivity index (χ4v) is 4.08. The van der Waals surface area contributed by atoms with Crippen LogP contribution in [0.5, 0.6) is 0 Å². The highest BCUT2D eigenvalue weighted by Gasteiger charge is 2.75. The van der Waals surface area contributed by atoms with Crippen molar-refractivity contribution in [1.82, 2.24) is 24.8 Å². The summed E-state index contributed by atoms with van der Waals surface area (Å²) >= 11 is 0. The Labute approximate surface area is 142 Å². The molecule has 5 N–H and O–H groups in total. The van der Waals surface area contributed by atoms with Crippen molar-refractivity contribution in [1.29, 1.82) is 0 Å². The Hall–Kier alpha value is -2.33. The van der Waals surface area contributed by atoms with Gasteiger partial charge in [0.05, 0.1) is 30.6 Å². The van der Waals surface area contributed by atoms with Crippen LogP contribution < -0.4 is 11.1 Å². The molecule has 0 unspecified atom stereocenters. The first-order valence-electron chi connectivity index (χ1n) is 8.15. The standard InChI is InChI=1S/C15H19FN6O3/c16-2-1-3-18-14(25)15-4-7(15)9(10(23)11(15)24)22-6-21-8-12(17)19-5-20-13(8)22/h5-7,9-11,23-24H,1-4H2,(H,18,25)(H2,17,19,20)/t7-,9-,10+,11+,15+/m1/s1. The largest absolute Gasteiger partial charge is 0.389 e. The summed E-state index contributed by atoms with van der Waals surface area (Å²) in [5.41, 5.74) is 5.60. The topological polar surface area (TPSA) is 139 Å². The summed E-state index contributed by atoms with van der Waals surface area (Å²) in [5, 5.41) is 23.7. The lowest BCUT2D eigenvalue weighted by Gasteiger charge is -2.23. The van der Waals surface area contributed by atoms with Gasteiger partial charge in [-0.05, 0) is 12.8 Å². The van der Waals surface area contributed by atoms with Gasteiger partial charge < -0.3 is 25.8 Å². The smallest absolute Gasteiger partial charge is 0.229 e. The van der Waals surface area contributed by atoms with Crippen LogP contribution in [0.25, 0.3) is 11.2 Å². The van der Waals surface area contributed by atoms with Crippen molar-refractivity contribution in [3.8, 4) is 0 Å². The fraction of sp³-hybridized carbons (Fsp3) is 0.600. The van der Waals surface area contributed by atoms with E-state index in [1.54, 1.807) is 4.57 Å². The monoisotopic (exact) mass is 350 g/mol. The van der Waals surface area contributed by atoms with Crippen molar-refractivity contribution in [2.75, 3.05) is 19.0 Å². The molecule has 4 rings (SSSR count). The molecule has 0 radical (unpaired) electrons. The number of amides is 1. The number of rotatable bonds is 5. The maximum atomic E-state index is 12.5. The number of nitrogens with two attached hydrogens (primary N) is 1. The predicted molar refractivity (Wildman–Crippen MR) is 84.9 cm³/mol. The number of anilines is 1. The van der Waals surface area contributed by atoms with Crippen LogP contribution in [-0.2, 0) is 4.79 Å². The molecule has 2 saturated carbocycles. The Bertz CT molecular complexity index is 829. The maximum absolute atomic E-state index is 12.5. The zero-order valence-electron chi connectivity index (χ0n) is 13.3. The molecular formula is C15H19FN6O3. The van der Waals surface area contributed by atoms with Gasteiger partial charge in [0.1, 0.15) is 17.9 Å². The van der Waals surface area contributed by atoms with Crippen LogP contribution in [-0.4, -0.2) is 61.1 Å². The van der Waals surface area contributed by atoms with E-state index in [9.17, 15) is 19.4 Å². The second-order valence-corrected chi connectivity index (χ2v) is 6.66. The minimum absolute atomic E-state index is 0.203. The molecule has 2 heterocycles. The minimum atomic E-state index is -1.20. The van der Waals surface area contributed by atoms with Crippen molar-refractivity contribution < 1.29 is 19.4 Å². The van der Waals surface area contributed by atoms with E-state index >= 15 is 0 Å². The Balaban J connectivity index is 1.64. The quantitative estimate of drug-likeness (QED) is 0.516. The molecule has 0 spiro atoms. The number of hydrogen-bond donors (Lipinski definition) is 4. The molecule has 5 atom stereocenters. The van der Waals surface area contributed by atoms with Gasteiger partial charge in [0.2, 0.25) is 5.91 Å². The Morgan fingerprint density at radius 1 is 1.44 bits per heavy atom. The van der Waals surface area contributed by atoms with E-state index in [-0.39, 0.29) is 30.6 Å². The van der Waals surface area contributed by atoms with E-state index in [1.807, 2.05) is 0 Å². The van der Waals surface area contributed by atoms with Gasteiger partial charge in [-0.25, -0.2) is 15.0 Å². The van der Waals surface area contributed by atoms with E-state index in [0.29, 0.717) is 17.6 Å². The van der Waals surface area contributed by atoms with E-state index in [2.05, 4.69) is 20.3 Å². The molecule has 134 valence electrons. The lowest BCUT2D eigenvalue weighted by atomic mass is 9.98. The number of nitrogens with zero attached hydrogens (tertiary/aromatic N) is 4. The number of nitrogens with one attached hydrogen (secondary N) is 1. The van der Waals surface area contributed by atoms with Crippen molar-refractivity contribution >= 4 is 22.9 Å². The average molecular weight is 350 g/mol. The summed E-state index contributed by atoms with van der Waals surface area (Å²) in [6.07, 6.45) is 1.11. The number of alkyl halides is 1. The van der Waals surface area contributed by atoms with Crippen LogP contribution >= 0.6 is 0 Å². The SMILES string of the molecule is Nc1ncnc2c1ncn2[C@H]1[C@H](O)[C@H](O)[C@]2(C(=O)NCCCF)C[C@H]12. The average Bonchev–Trinajstić information content (AvgIpc) is 3.12. The third-order valence-corrected chi connectivity index (χ3v) is 5.40. The van der Waals surface area contributed by atoms with Gasteiger partial charge in [0, 0.05) is 12.5 Å². The molecule has 9 nitrogen and oxygen atoms in total. The van der Waals surface area contributed by atoms with Gasteiger partial charge in [0.15, 0.2) is 11.5 Å². The minimum Gasteiger partial charge on any atom is -0.389 e. The van der Waals surface area contributed by atoms with Crippen LogP contribution in [0.3, 0.4) is 0 Å². The summed E-state index contributed by atoms with van der Waals surface area (Å²) in [5.74, 6) is -0.377. The molecule has 2 aromatic heterocycles. The Kier molecular flexibility index (Phi) is 3.62. The van der Waals surface area contributed by atoms with E-state index in [4.69, 9.17) is 5.73 Å². The van der Waals surface area contributed by atoms with Gasteiger partial charge in [0.25, 0.3) is 0 Å². The Morgan fingerprint density at radius 2 is 2.24 bits per heavy atom. The first kappa shape index (κ1) is 16.2. The fourth-order valence-electron chi connectivity index (χ4n) is 4.08. The van der Waals surface area contributed by atoms with Gasteiger partial charge in [-0.1, -0.05) is 0 Å². The zero-order valence-corrected chi connectivity index (χ0v) is 13.3. The molecule has 2 aliphatic rings. The third-order valence-electron chi connectivity index (χ3n) is 5.40. The van der Waals surface area contributed by atoms with Crippen molar-refractivity contribution in [2.45, 2.75) is 31.1 Å². The van der Waals surface area contributed by atoms with Gasteiger partial charge in [-0.3, -0.25) is 9.18 Å². The summed E-state index contributed by atoms with van der Waals surface area (Å²) in [4.78, 5) is 24.7. The number of aliphatic hydroxyl groups is 2. The van der Waals surface area contributed by atoms with Crippen LogP contribution in [0.1, 0.15) is 18.9 Å². The van der Waals surface area contributed by atoms with E-state index < -0.39 is 30.3 Å². The van der Waals surface area contributed by atoms with E-state index in [1.165, 1.54) is 12.7 Å². The predicted octanol–water partition coefficient (Wildman–Crippen LogP) is -0.833. The summed E-state index contributed by atoms with van der Waals surface area (Å²) in [7, 11) is 0. The number of halogens is 1. The number of aromatic nitrogens is 4. The number of carbonyl (C=O) groups excluding carboxylic acids is 1. The first-order chi connectivity index (χ1) is 12.0. The molecular weight excluding hydrogens is 331 g/mol. The van der Waals surface area contributed by atoms with Crippen LogP contribution in [0.4, 0.5) is 10.2 Å². The summed E-state index contributed by atoms with van der Waals surface area (Å²) in [6.45, 7) is -0.318. The molecule has 10 heteroatoms. The molecule has 2 aliphatic carbocycles. The number of hydrogen-bond acceptors (Lipinski definition) is 7. The van der Waals surface area contributed by atoms with Gasteiger partial charge in [-0.15, -0.1) is 0 Å². The van der Waals surface area contributed by atoms with Crippen LogP contribution in [0.2, 0.25) is 0 Å². The number of carbonyl (C=O) groups is 1. The molecule has 0 saturated heterocycles. The summed E-state index contributed by atoms with van der Waals surface area (Å²) < 4.78 is 13.9. The second-order valence-electron chi connectivity index (χ2n) is 6.66.